The second-order valence-electron chi connectivity index (χ2n) is 5.09. The van der Waals surface area contributed by atoms with Gasteiger partial charge in [0.25, 0.3) is 17.7 Å². The number of aromatic amines is 3. The van der Waals surface area contributed by atoms with Crippen LogP contribution in [0.2, 0.25) is 0 Å². The van der Waals surface area contributed by atoms with Gasteiger partial charge in [-0.05, 0) is 0 Å². The zero-order chi connectivity index (χ0) is 25.1. The molecule has 0 radical (unpaired) electrons. The van der Waals surface area contributed by atoms with Crippen LogP contribution in [-0.4, -0.2) is 62.3 Å². The van der Waals surface area contributed by atoms with Crippen LogP contribution in [0.5, 0.6) is 0 Å². The molecule has 3 heterocycles. The van der Waals surface area contributed by atoms with Crippen molar-refractivity contribution in [3.05, 3.63) is 36.1 Å². The Morgan fingerprint density at radius 1 is 0.656 bits per heavy atom. The van der Waals surface area contributed by atoms with Crippen LogP contribution in [0.4, 0.5) is 17.5 Å². The number of hydrogen-bond donors (Lipinski definition) is 12. The highest BCUT2D eigenvalue weighted by Crippen LogP contribution is 2.25. The molecule has 3 amide bonds. The van der Waals surface area contributed by atoms with Crippen molar-refractivity contribution in [2.75, 3.05) is 17.2 Å². The first-order chi connectivity index (χ1) is 14.6. The average Bonchev–Trinajstić information content (AvgIpc) is 3.35. The summed E-state index contributed by atoms with van der Waals surface area (Å²) in [5, 5.41) is 0. The zero-order valence-corrected chi connectivity index (χ0v) is 16.9. The molecule has 20 heteroatoms. The Hall–Kier alpha value is -4.45. The molecule has 0 bridgehead atoms. The van der Waals surface area contributed by atoms with Crippen LogP contribution >= 0.6 is 7.82 Å². The fourth-order valence-corrected chi connectivity index (χ4v) is 1.51. The Balaban J connectivity index is 0.000000410. The van der Waals surface area contributed by atoms with Crippen LogP contribution in [-0.2, 0) is 4.57 Å². The van der Waals surface area contributed by atoms with Gasteiger partial charge in [0.05, 0.1) is 19.0 Å². The Bertz CT molecular complexity index is 956. The maximum absolute atomic E-state index is 10.4. The molecule has 0 aliphatic rings. The van der Waals surface area contributed by atoms with Crippen molar-refractivity contribution in [1.82, 2.24) is 29.9 Å². The van der Waals surface area contributed by atoms with Crippen molar-refractivity contribution in [2.45, 2.75) is 0 Å². The third kappa shape index (κ3) is 10.9. The van der Waals surface area contributed by atoms with Crippen molar-refractivity contribution in [3.8, 4) is 0 Å². The number of H-pyrrole nitrogens is 3. The lowest BCUT2D eigenvalue weighted by molar-refractivity contribution is 0.0988. The van der Waals surface area contributed by atoms with E-state index in [1.807, 2.05) is 0 Å². The van der Waals surface area contributed by atoms with Gasteiger partial charge in [-0.2, -0.15) is 0 Å². The molecule has 19 nitrogen and oxygen atoms in total. The van der Waals surface area contributed by atoms with Crippen LogP contribution in [0.25, 0.3) is 0 Å². The maximum Gasteiger partial charge on any atom is 0.466 e. The summed E-state index contributed by atoms with van der Waals surface area (Å²) in [7, 11) is -4.64. The number of rotatable bonds is 3. The monoisotopic (exact) mass is 476 g/mol. The molecule has 176 valence electrons. The first-order valence-electron chi connectivity index (χ1n) is 7.69. The highest BCUT2D eigenvalue weighted by Gasteiger charge is 2.06. The molecule has 3 rings (SSSR count). The van der Waals surface area contributed by atoms with Crippen LogP contribution in [0.1, 0.15) is 31.5 Å². The molecule has 18 N–H and O–H groups in total. The lowest BCUT2D eigenvalue weighted by Crippen LogP contribution is -2.13. The molecule has 32 heavy (non-hydrogen) atoms. The summed E-state index contributed by atoms with van der Waals surface area (Å²) >= 11 is 0. The summed E-state index contributed by atoms with van der Waals surface area (Å²) in [6, 6.07) is 0. The molecule has 0 fully saturated rings. The smallest absolute Gasteiger partial charge is 0.382 e. The summed E-state index contributed by atoms with van der Waals surface area (Å²) in [5.74, 6) is -1.35. The maximum atomic E-state index is 10.4. The number of amides is 3. The molecule has 0 spiro atoms. The van der Waals surface area contributed by atoms with Gasteiger partial charge in [-0.1, -0.05) is 0 Å². The van der Waals surface area contributed by atoms with E-state index in [0.717, 1.165) is 0 Å². The van der Waals surface area contributed by atoms with E-state index in [1.165, 1.54) is 19.0 Å². The molecule has 0 aliphatic heterocycles. The second-order valence-corrected chi connectivity index (χ2v) is 6.12. The average molecular weight is 476 g/mol. The molecule has 0 saturated heterocycles. The zero-order valence-electron chi connectivity index (χ0n) is 16.0. The highest BCUT2D eigenvalue weighted by molar-refractivity contribution is 7.45. The molecule has 0 atom stereocenters. The standard InChI is InChI=1S/3C4H6N4O.H3O4P/c3*5-3-2(4(6)9)7-1-8-3;1-5(2,3)4/h3*1H,5H2,(H2,6,9)(H,7,8);(H3,1,2,3,4). The van der Waals surface area contributed by atoms with E-state index in [1.54, 1.807) is 0 Å². The minimum atomic E-state index is -4.64. The minimum Gasteiger partial charge on any atom is -0.382 e. The SMILES string of the molecule is NC(=O)c1[nH]cnc1N.NC(=O)c1[nH]cnc1N.NC(=O)c1[nH]cnc1N.O=P(O)(O)O. The molecule has 3 aromatic rings. The molecule has 0 aliphatic carbocycles. The third-order valence-corrected chi connectivity index (χ3v) is 2.75. The van der Waals surface area contributed by atoms with Crippen LogP contribution < -0.4 is 34.4 Å². The minimum absolute atomic E-state index is 0.141. The van der Waals surface area contributed by atoms with E-state index in [0.29, 0.717) is 0 Å². The Labute approximate surface area is 177 Å². The van der Waals surface area contributed by atoms with E-state index < -0.39 is 25.5 Å². The number of primary amides is 3. The van der Waals surface area contributed by atoms with Gasteiger partial charge in [-0.3, -0.25) is 14.4 Å². The second kappa shape index (κ2) is 12.3. The number of aromatic nitrogens is 6. The summed E-state index contributed by atoms with van der Waals surface area (Å²) in [4.78, 5) is 70.8. The summed E-state index contributed by atoms with van der Waals surface area (Å²) < 4.78 is 8.88. The number of carbonyl (C=O) groups is 3. The van der Waals surface area contributed by atoms with Gasteiger partial charge in [-0.25, -0.2) is 19.5 Å². The fourth-order valence-electron chi connectivity index (χ4n) is 1.51. The van der Waals surface area contributed by atoms with Crippen molar-refractivity contribution >= 4 is 43.0 Å². The number of nitrogens with two attached hydrogens (primary N) is 6. The first-order valence-corrected chi connectivity index (χ1v) is 9.25. The van der Waals surface area contributed by atoms with Gasteiger partial charge in [0.15, 0.2) is 17.5 Å². The fraction of sp³-hybridized carbons (Fsp3) is 0. The predicted molar refractivity (Wildman–Crippen MR) is 109 cm³/mol. The van der Waals surface area contributed by atoms with Crippen molar-refractivity contribution in [1.29, 1.82) is 0 Å². The van der Waals surface area contributed by atoms with E-state index in [-0.39, 0.29) is 34.5 Å². The van der Waals surface area contributed by atoms with E-state index in [9.17, 15) is 14.4 Å². The summed E-state index contributed by atoms with van der Waals surface area (Å²) in [5.41, 5.74) is 30.7. The number of hydrogen-bond acceptors (Lipinski definition) is 10. The van der Waals surface area contributed by atoms with Gasteiger partial charge >= 0.3 is 7.82 Å². The van der Waals surface area contributed by atoms with Gasteiger partial charge in [0, 0.05) is 0 Å². The Kier molecular flexibility index (Phi) is 10.6. The first kappa shape index (κ1) is 27.6. The van der Waals surface area contributed by atoms with E-state index >= 15 is 0 Å². The molecule has 0 unspecified atom stereocenters. The molecule has 0 aromatic carbocycles. The van der Waals surface area contributed by atoms with E-state index in [2.05, 4.69) is 29.9 Å². The largest absolute Gasteiger partial charge is 0.466 e. The lowest BCUT2D eigenvalue weighted by atomic mass is 10.4. The van der Waals surface area contributed by atoms with Gasteiger partial charge in [-0.15, -0.1) is 0 Å². The van der Waals surface area contributed by atoms with Crippen LogP contribution in [0.3, 0.4) is 0 Å². The molecule has 0 saturated carbocycles. The van der Waals surface area contributed by atoms with Gasteiger partial charge in [0.1, 0.15) is 17.1 Å². The van der Waals surface area contributed by atoms with Gasteiger partial charge < -0.3 is 64.0 Å². The molecular formula is C12H21N12O7P. The summed E-state index contributed by atoms with van der Waals surface area (Å²) in [6.07, 6.45) is 3.94. The van der Waals surface area contributed by atoms with Gasteiger partial charge in [0.2, 0.25) is 0 Å². The van der Waals surface area contributed by atoms with Crippen molar-refractivity contribution < 1.29 is 33.6 Å². The number of nitrogens with one attached hydrogen (secondary N) is 3. The van der Waals surface area contributed by atoms with Crippen LogP contribution in [0, 0.1) is 0 Å². The number of imidazole rings is 3. The normalized spacial score (nSPS) is 9.72. The number of carbonyl (C=O) groups excluding carboxylic acids is 3. The Morgan fingerprint density at radius 2 is 0.844 bits per heavy atom. The van der Waals surface area contributed by atoms with Crippen LogP contribution in [0.15, 0.2) is 19.0 Å². The number of phosphoric acid groups is 1. The molecule has 3 aromatic heterocycles. The number of nitrogens with zero attached hydrogens (tertiary/aromatic N) is 3. The van der Waals surface area contributed by atoms with Crippen molar-refractivity contribution in [2.24, 2.45) is 17.2 Å². The summed E-state index contributed by atoms with van der Waals surface area (Å²) in [6.45, 7) is 0. The quantitative estimate of drug-likeness (QED) is 0.162. The number of anilines is 3. The van der Waals surface area contributed by atoms with E-state index in [4.69, 9.17) is 53.6 Å². The predicted octanol–water partition coefficient (Wildman–Crippen LogP) is -3.66. The number of nitrogen functional groups attached to an aromatic ring is 3. The van der Waals surface area contributed by atoms with Crippen molar-refractivity contribution in [3.63, 3.8) is 0 Å². The third-order valence-electron chi connectivity index (χ3n) is 2.75. The lowest BCUT2D eigenvalue weighted by Gasteiger charge is -1.87. The molecular weight excluding hydrogens is 455 g/mol. The highest BCUT2D eigenvalue weighted by atomic mass is 31.2. The topological polar surface area (TPSA) is 371 Å². The Morgan fingerprint density at radius 3 is 0.906 bits per heavy atom.